The first-order chi connectivity index (χ1) is 6.15. The largest absolute Gasteiger partial charge is 0.399 e. The van der Waals surface area contributed by atoms with Crippen molar-refractivity contribution in [1.29, 1.82) is 0 Å². The summed E-state index contributed by atoms with van der Waals surface area (Å²) >= 11 is 0. The van der Waals surface area contributed by atoms with Gasteiger partial charge in [0, 0.05) is 5.70 Å². The molecule has 0 bridgehead atoms. The summed E-state index contributed by atoms with van der Waals surface area (Å²) in [4.78, 5) is 0. The predicted molar refractivity (Wildman–Crippen MR) is 58.1 cm³/mol. The highest BCUT2D eigenvalue weighted by Gasteiger charge is 2.06. The molecule has 0 unspecified atom stereocenters. The molecule has 1 heteroatoms. The van der Waals surface area contributed by atoms with E-state index in [0.29, 0.717) is 5.70 Å². The van der Waals surface area contributed by atoms with Gasteiger partial charge in [0.15, 0.2) is 0 Å². The van der Waals surface area contributed by atoms with Crippen LogP contribution in [0.4, 0.5) is 0 Å². The highest BCUT2D eigenvalue weighted by Crippen LogP contribution is 2.24. The maximum absolute atomic E-state index is 5.52. The van der Waals surface area contributed by atoms with Crippen LogP contribution >= 0.6 is 0 Å². The average molecular weight is 173 g/mol. The predicted octanol–water partition coefficient (Wildman–Crippen LogP) is 2.85. The van der Waals surface area contributed by atoms with Crippen molar-refractivity contribution in [1.82, 2.24) is 0 Å². The summed E-state index contributed by atoms with van der Waals surface area (Å²) in [5.41, 5.74) is 9.36. The second-order valence-electron chi connectivity index (χ2n) is 3.07. The zero-order valence-corrected chi connectivity index (χ0v) is 8.01. The average Bonchev–Trinajstić information content (AvgIpc) is 2.51. The molecule has 0 fully saturated rings. The Morgan fingerprint density at radius 1 is 1.54 bits per heavy atom. The lowest BCUT2D eigenvalue weighted by molar-refractivity contribution is 1.29. The Balaban J connectivity index is 2.88. The van der Waals surface area contributed by atoms with Crippen LogP contribution in [0.3, 0.4) is 0 Å². The first-order valence-electron chi connectivity index (χ1n) is 4.32. The molecule has 0 saturated carbocycles. The van der Waals surface area contributed by atoms with Crippen molar-refractivity contribution in [2.24, 2.45) is 5.73 Å². The van der Waals surface area contributed by atoms with Crippen molar-refractivity contribution in [3.63, 3.8) is 0 Å². The molecule has 0 aromatic rings. The maximum atomic E-state index is 5.52. The van der Waals surface area contributed by atoms with Gasteiger partial charge >= 0.3 is 0 Å². The molecule has 1 aliphatic carbocycles. The van der Waals surface area contributed by atoms with E-state index < -0.39 is 0 Å². The van der Waals surface area contributed by atoms with E-state index >= 15 is 0 Å². The quantitative estimate of drug-likeness (QED) is 0.638. The van der Waals surface area contributed by atoms with Gasteiger partial charge < -0.3 is 5.73 Å². The van der Waals surface area contributed by atoms with E-state index in [1.54, 1.807) is 0 Å². The Labute approximate surface area is 79.6 Å². The van der Waals surface area contributed by atoms with Gasteiger partial charge in [0.25, 0.3) is 0 Å². The third-order valence-corrected chi connectivity index (χ3v) is 2.10. The molecular formula is C12H15N. The van der Waals surface area contributed by atoms with Gasteiger partial charge in [0.05, 0.1) is 0 Å². The van der Waals surface area contributed by atoms with Crippen molar-refractivity contribution in [2.45, 2.75) is 13.3 Å². The minimum absolute atomic E-state index is 0.531. The minimum Gasteiger partial charge on any atom is -0.399 e. The third-order valence-electron chi connectivity index (χ3n) is 2.10. The van der Waals surface area contributed by atoms with Crippen molar-refractivity contribution < 1.29 is 0 Å². The van der Waals surface area contributed by atoms with Crippen LogP contribution in [0.25, 0.3) is 0 Å². The molecule has 1 rings (SSSR count). The molecular weight excluding hydrogens is 158 g/mol. The van der Waals surface area contributed by atoms with E-state index in [1.807, 2.05) is 13.0 Å². The molecule has 0 aromatic carbocycles. The summed E-state index contributed by atoms with van der Waals surface area (Å²) in [6.07, 6.45) is 9.31. The fraction of sp³-hybridized carbons (Fsp3) is 0.167. The van der Waals surface area contributed by atoms with Gasteiger partial charge in [0.2, 0.25) is 0 Å². The number of hydrogen-bond donors (Lipinski definition) is 1. The second kappa shape index (κ2) is 3.94. The van der Waals surface area contributed by atoms with Crippen LogP contribution in [0.2, 0.25) is 0 Å². The van der Waals surface area contributed by atoms with E-state index in [0.717, 1.165) is 12.0 Å². The van der Waals surface area contributed by atoms with Crippen molar-refractivity contribution in [3.8, 4) is 0 Å². The van der Waals surface area contributed by atoms with Gasteiger partial charge in [-0.15, -0.1) is 0 Å². The summed E-state index contributed by atoms with van der Waals surface area (Å²) in [6, 6.07) is 0. The smallest absolute Gasteiger partial charge is 0.0308 e. The molecule has 68 valence electrons. The van der Waals surface area contributed by atoms with E-state index in [-0.39, 0.29) is 0 Å². The molecule has 0 radical (unpaired) electrons. The van der Waals surface area contributed by atoms with Crippen LogP contribution in [-0.2, 0) is 0 Å². The summed E-state index contributed by atoms with van der Waals surface area (Å²) < 4.78 is 0. The molecule has 2 N–H and O–H groups in total. The maximum Gasteiger partial charge on any atom is 0.0308 e. The SMILES string of the molecule is C=C(N)C(=C)/C=C1/C=CC/C1=C/C. The summed E-state index contributed by atoms with van der Waals surface area (Å²) in [5, 5.41) is 0. The fourth-order valence-electron chi connectivity index (χ4n) is 1.24. The third kappa shape index (κ3) is 2.22. The van der Waals surface area contributed by atoms with Crippen LogP contribution in [0, 0.1) is 0 Å². The Kier molecular flexibility index (Phi) is 2.91. The lowest BCUT2D eigenvalue weighted by Gasteiger charge is -2.01. The summed E-state index contributed by atoms with van der Waals surface area (Å²) in [7, 11) is 0. The normalized spacial score (nSPS) is 21.3. The molecule has 0 aliphatic heterocycles. The van der Waals surface area contributed by atoms with Gasteiger partial charge in [-0.2, -0.15) is 0 Å². The van der Waals surface area contributed by atoms with Crippen molar-refractivity contribution >= 4 is 0 Å². The van der Waals surface area contributed by atoms with Gasteiger partial charge in [-0.1, -0.05) is 31.4 Å². The lowest BCUT2D eigenvalue weighted by Crippen LogP contribution is -1.96. The first-order valence-corrected chi connectivity index (χ1v) is 4.32. The van der Waals surface area contributed by atoms with Gasteiger partial charge in [-0.3, -0.25) is 0 Å². The summed E-state index contributed by atoms with van der Waals surface area (Å²) in [5.74, 6) is 0. The zero-order valence-electron chi connectivity index (χ0n) is 8.01. The van der Waals surface area contributed by atoms with Crippen molar-refractivity contribution in [3.05, 3.63) is 59.9 Å². The van der Waals surface area contributed by atoms with Gasteiger partial charge in [0.1, 0.15) is 0 Å². The Bertz CT molecular complexity index is 327. The van der Waals surface area contributed by atoms with Gasteiger partial charge in [-0.25, -0.2) is 0 Å². The van der Waals surface area contributed by atoms with E-state index in [9.17, 15) is 0 Å². The topological polar surface area (TPSA) is 26.0 Å². The van der Waals surface area contributed by atoms with Crippen LogP contribution in [0.15, 0.2) is 59.9 Å². The van der Waals surface area contributed by atoms with Crippen LogP contribution < -0.4 is 5.73 Å². The van der Waals surface area contributed by atoms with E-state index in [1.165, 1.54) is 11.1 Å². The standard InChI is InChI=1S/C12H15N/c1-4-11-6-5-7-12(11)8-9(2)10(3)13/h4-5,7-8H,2-3,6,13H2,1H3/b11-4-,12-8-. The number of allylic oxidation sites excluding steroid dienone is 6. The van der Waals surface area contributed by atoms with Gasteiger partial charge in [-0.05, 0) is 36.1 Å². The molecule has 0 aromatic heterocycles. The molecule has 0 atom stereocenters. The second-order valence-corrected chi connectivity index (χ2v) is 3.07. The highest BCUT2D eigenvalue weighted by molar-refractivity contribution is 5.51. The monoisotopic (exact) mass is 173 g/mol. The number of hydrogen-bond acceptors (Lipinski definition) is 1. The molecule has 13 heavy (non-hydrogen) atoms. The number of rotatable bonds is 2. The zero-order chi connectivity index (χ0) is 9.84. The summed E-state index contributed by atoms with van der Waals surface area (Å²) in [6.45, 7) is 9.50. The fourth-order valence-corrected chi connectivity index (χ4v) is 1.24. The minimum atomic E-state index is 0.531. The van der Waals surface area contributed by atoms with Crippen LogP contribution in [-0.4, -0.2) is 0 Å². The molecule has 0 saturated heterocycles. The number of nitrogens with two attached hydrogens (primary N) is 1. The Morgan fingerprint density at radius 2 is 2.23 bits per heavy atom. The Hall–Kier alpha value is -1.50. The lowest BCUT2D eigenvalue weighted by atomic mass is 10.1. The van der Waals surface area contributed by atoms with Crippen LogP contribution in [0.1, 0.15) is 13.3 Å². The van der Waals surface area contributed by atoms with E-state index in [2.05, 4.69) is 31.4 Å². The molecule has 1 nitrogen and oxygen atoms in total. The van der Waals surface area contributed by atoms with Crippen LogP contribution in [0.5, 0.6) is 0 Å². The molecule has 1 aliphatic rings. The first kappa shape index (κ1) is 9.59. The van der Waals surface area contributed by atoms with E-state index in [4.69, 9.17) is 5.73 Å². The molecule has 0 amide bonds. The molecule has 0 spiro atoms. The molecule has 0 heterocycles. The Morgan fingerprint density at radius 3 is 2.77 bits per heavy atom. The highest BCUT2D eigenvalue weighted by atomic mass is 14.6. The van der Waals surface area contributed by atoms with Crippen molar-refractivity contribution in [2.75, 3.05) is 0 Å².